The van der Waals surface area contributed by atoms with Crippen LogP contribution in [0, 0.1) is 0 Å². The van der Waals surface area contributed by atoms with Crippen molar-refractivity contribution in [2.75, 3.05) is 6.54 Å². The van der Waals surface area contributed by atoms with Crippen molar-refractivity contribution in [1.82, 2.24) is 5.32 Å². The van der Waals surface area contributed by atoms with E-state index in [1.165, 1.54) is 0 Å². The van der Waals surface area contributed by atoms with Gasteiger partial charge in [0.2, 0.25) is 5.91 Å². The Balaban J connectivity index is 1.89. The Morgan fingerprint density at radius 3 is 2.64 bits per heavy atom. The molecular weight excluding hydrogens is 314 g/mol. The normalized spacial score (nSPS) is 31.9. The molecule has 2 aromatic rings. The van der Waals surface area contributed by atoms with Gasteiger partial charge in [0.15, 0.2) is 0 Å². The second kappa shape index (κ2) is 6.28. The van der Waals surface area contributed by atoms with Gasteiger partial charge in [-0.25, -0.2) is 0 Å². The van der Waals surface area contributed by atoms with Crippen molar-refractivity contribution in [2.45, 2.75) is 43.5 Å². The van der Waals surface area contributed by atoms with Crippen molar-refractivity contribution in [3.63, 3.8) is 0 Å². The minimum Gasteiger partial charge on any atom is -0.378 e. The highest BCUT2D eigenvalue weighted by molar-refractivity contribution is 5.83. The van der Waals surface area contributed by atoms with Gasteiger partial charge < -0.3 is 15.2 Å². The number of benzene rings is 2. The first-order valence-corrected chi connectivity index (χ1v) is 8.90. The van der Waals surface area contributed by atoms with Crippen LogP contribution in [0.3, 0.4) is 0 Å². The highest BCUT2D eigenvalue weighted by Gasteiger charge is 2.45. The zero-order valence-corrected chi connectivity index (χ0v) is 14.3. The summed E-state index contributed by atoms with van der Waals surface area (Å²) >= 11 is 0. The summed E-state index contributed by atoms with van der Waals surface area (Å²) in [5.74, 6) is -0.272. The summed E-state index contributed by atoms with van der Waals surface area (Å²) < 4.78 is 6.18. The molecule has 2 heterocycles. The topological polar surface area (TPSA) is 58.6 Å². The van der Waals surface area contributed by atoms with E-state index in [0.29, 0.717) is 6.54 Å². The van der Waals surface area contributed by atoms with Gasteiger partial charge in [0, 0.05) is 6.54 Å². The van der Waals surface area contributed by atoms with Crippen molar-refractivity contribution in [1.29, 1.82) is 0 Å². The van der Waals surface area contributed by atoms with Crippen LogP contribution in [0.15, 0.2) is 54.6 Å². The number of hydrogen-bond acceptors (Lipinski definition) is 3. The number of nitrogens with one attached hydrogen (secondary N) is 1. The van der Waals surface area contributed by atoms with Crippen LogP contribution in [0.25, 0.3) is 0 Å². The van der Waals surface area contributed by atoms with Crippen LogP contribution in [0.4, 0.5) is 0 Å². The molecule has 4 atom stereocenters. The molecule has 2 aromatic carbocycles. The molecule has 25 heavy (non-hydrogen) atoms. The third-order valence-electron chi connectivity index (χ3n) is 5.51. The lowest BCUT2D eigenvalue weighted by Gasteiger charge is -2.35. The number of ether oxygens (including phenoxy) is 1. The first kappa shape index (κ1) is 16.3. The predicted molar refractivity (Wildman–Crippen MR) is 95.2 cm³/mol. The van der Waals surface area contributed by atoms with E-state index >= 15 is 0 Å². The van der Waals surface area contributed by atoms with Crippen molar-refractivity contribution >= 4 is 5.91 Å². The summed E-state index contributed by atoms with van der Waals surface area (Å²) in [5.41, 5.74) is 1.29. The highest BCUT2D eigenvalue weighted by Crippen LogP contribution is 2.41. The van der Waals surface area contributed by atoms with Crippen LogP contribution in [0.5, 0.6) is 0 Å². The molecule has 2 aliphatic rings. The molecule has 1 amide bonds. The fraction of sp³-hybridized carbons (Fsp3) is 0.381. The number of rotatable bonds is 1. The monoisotopic (exact) mass is 337 g/mol. The summed E-state index contributed by atoms with van der Waals surface area (Å²) in [6.45, 7) is 2.38. The van der Waals surface area contributed by atoms with E-state index in [-0.39, 0.29) is 24.0 Å². The fourth-order valence-electron chi connectivity index (χ4n) is 3.96. The zero-order chi connectivity index (χ0) is 17.4. The quantitative estimate of drug-likeness (QED) is 0.841. The zero-order valence-electron chi connectivity index (χ0n) is 14.3. The van der Waals surface area contributed by atoms with Gasteiger partial charge in [-0.1, -0.05) is 54.6 Å². The molecule has 1 fully saturated rings. The lowest BCUT2D eigenvalue weighted by Crippen LogP contribution is -2.41. The number of amides is 1. The van der Waals surface area contributed by atoms with Crippen LogP contribution in [0.1, 0.15) is 42.4 Å². The maximum Gasteiger partial charge on any atom is 0.227 e. The van der Waals surface area contributed by atoms with Crippen LogP contribution in [-0.2, 0) is 15.1 Å². The maximum absolute atomic E-state index is 12.4. The molecule has 4 heteroatoms. The Labute approximate surface area is 147 Å². The van der Waals surface area contributed by atoms with Crippen LogP contribution in [0.2, 0.25) is 0 Å². The SMILES string of the molecule is C[C@@H]1C(=O)NC[C@H]2CC[C@H](O2)[C@@](O)(c2ccccc2)c2cccc1c2. The second-order valence-corrected chi connectivity index (χ2v) is 7.05. The highest BCUT2D eigenvalue weighted by atomic mass is 16.5. The Hall–Kier alpha value is -2.17. The molecule has 130 valence electrons. The third-order valence-corrected chi connectivity index (χ3v) is 5.51. The van der Waals surface area contributed by atoms with Crippen molar-refractivity contribution in [2.24, 2.45) is 0 Å². The van der Waals surface area contributed by atoms with E-state index in [4.69, 9.17) is 4.74 Å². The van der Waals surface area contributed by atoms with Gasteiger partial charge in [0.05, 0.1) is 18.1 Å². The average Bonchev–Trinajstić information content (AvgIpc) is 3.14. The number of aliphatic hydroxyl groups is 1. The Kier molecular flexibility index (Phi) is 4.10. The van der Waals surface area contributed by atoms with Gasteiger partial charge >= 0.3 is 0 Å². The summed E-state index contributed by atoms with van der Waals surface area (Å²) in [6, 6.07) is 17.4. The maximum atomic E-state index is 12.4. The summed E-state index contributed by atoms with van der Waals surface area (Å²) in [5, 5.41) is 14.8. The Morgan fingerprint density at radius 1 is 1.08 bits per heavy atom. The summed E-state index contributed by atoms with van der Waals surface area (Å²) in [4.78, 5) is 12.4. The van der Waals surface area contributed by atoms with E-state index in [0.717, 1.165) is 29.5 Å². The molecule has 2 aliphatic heterocycles. The third kappa shape index (κ3) is 2.75. The molecule has 0 unspecified atom stereocenters. The first-order chi connectivity index (χ1) is 12.1. The number of carbonyl (C=O) groups excluding carboxylic acids is 1. The van der Waals surface area contributed by atoms with Gasteiger partial charge in [-0.15, -0.1) is 0 Å². The molecule has 1 saturated heterocycles. The summed E-state index contributed by atoms with van der Waals surface area (Å²) in [6.07, 6.45) is 1.19. The molecule has 0 saturated carbocycles. The van der Waals surface area contributed by atoms with Gasteiger partial charge in [0.25, 0.3) is 0 Å². The Morgan fingerprint density at radius 2 is 1.84 bits per heavy atom. The van der Waals surface area contributed by atoms with Gasteiger partial charge in [-0.3, -0.25) is 4.79 Å². The summed E-state index contributed by atoms with van der Waals surface area (Å²) in [7, 11) is 0. The van der Waals surface area contributed by atoms with E-state index in [1.54, 1.807) is 0 Å². The minimum absolute atomic E-state index is 0.00523. The van der Waals surface area contributed by atoms with E-state index in [9.17, 15) is 9.90 Å². The van der Waals surface area contributed by atoms with Gasteiger partial charge in [-0.05, 0) is 36.5 Å². The van der Waals surface area contributed by atoms with Gasteiger partial charge in [-0.2, -0.15) is 0 Å². The van der Waals surface area contributed by atoms with Gasteiger partial charge in [0.1, 0.15) is 5.60 Å². The van der Waals surface area contributed by atoms with E-state index < -0.39 is 5.60 Å². The van der Waals surface area contributed by atoms with Crippen molar-refractivity contribution in [3.8, 4) is 0 Å². The van der Waals surface area contributed by atoms with Crippen LogP contribution < -0.4 is 5.32 Å². The molecule has 4 nitrogen and oxygen atoms in total. The largest absolute Gasteiger partial charge is 0.378 e. The van der Waals surface area contributed by atoms with Crippen molar-refractivity contribution in [3.05, 3.63) is 71.3 Å². The Bertz CT molecular complexity index is 776. The molecule has 0 radical (unpaired) electrons. The molecule has 0 aromatic heterocycles. The molecular formula is C21H23NO3. The van der Waals surface area contributed by atoms with Crippen molar-refractivity contribution < 1.29 is 14.6 Å². The smallest absolute Gasteiger partial charge is 0.227 e. The standard InChI is InChI=1S/C21H23NO3/c1-14-15-6-5-9-17(12-15)21(24,16-7-3-2-4-8-16)19-11-10-18(25-19)13-22-20(14)23/h2-9,12,14,18-19,24H,10-11,13H2,1H3,(H,22,23)/t14-,18+,19-,21+/m0/s1. The van der Waals surface area contributed by atoms with E-state index in [1.807, 2.05) is 61.5 Å². The molecule has 0 aliphatic carbocycles. The lowest BCUT2D eigenvalue weighted by molar-refractivity contribution is -0.123. The molecule has 2 N–H and O–H groups in total. The lowest BCUT2D eigenvalue weighted by atomic mass is 9.79. The van der Waals surface area contributed by atoms with Crippen LogP contribution >= 0.6 is 0 Å². The predicted octanol–water partition coefficient (Wildman–Crippen LogP) is 2.70. The fourth-order valence-corrected chi connectivity index (χ4v) is 3.96. The molecule has 4 bridgehead atoms. The first-order valence-electron chi connectivity index (χ1n) is 8.90. The minimum atomic E-state index is -1.22. The number of carbonyl (C=O) groups is 1. The number of hydrogen-bond donors (Lipinski definition) is 2. The average molecular weight is 337 g/mol. The molecule has 4 rings (SSSR count). The van der Waals surface area contributed by atoms with Crippen LogP contribution in [-0.4, -0.2) is 29.8 Å². The number of fused-ring (bicyclic) bond motifs is 4. The van der Waals surface area contributed by atoms with E-state index in [2.05, 4.69) is 5.32 Å². The molecule has 0 spiro atoms. The second-order valence-electron chi connectivity index (χ2n) is 7.05.